The molecule has 2 aliphatic heterocycles. The van der Waals surface area contributed by atoms with E-state index in [-0.39, 0.29) is 12.5 Å². The van der Waals surface area contributed by atoms with Crippen molar-refractivity contribution in [2.75, 3.05) is 44.9 Å². The fraction of sp³-hybridized carbons (Fsp3) is 0.421. The van der Waals surface area contributed by atoms with Crippen molar-refractivity contribution in [3.8, 4) is 11.5 Å². The fourth-order valence-electron chi connectivity index (χ4n) is 3.14. The summed E-state index contributed by atoms with van der Waals surface area (Å²) in [6, 6.07) is 7.17. The number of benzene rings is 1. The van der Waals surface area contributed by atoms with Crippen LogP contribution in [0.1, 0.15) is 11.3 Å². The smallest absolute Gasteiger partial charge is 0.261 e. The first-order valence-electron chi connectivity index (χ1n) is 8.95. The third kappa shape index (κ3) is 3.95. The molecule has 1 amide bonds. The predicted octanol–water partition coefficient (Wildman–Crippen LogP) is 1.24. The summed E-state index contributed by atoms with van der Waals surface area (Å²) in [6.45, 7) is 3.95. The molecule has 0 unspecified atom stereocenters. The number of hydrogen-bond acceptors (Lipinski definition) is 7. The number of anilines is 1. The van der Waals surface area contributed by atoms with Gasteiger partial charge in [0.1, 0.15) is 11.5 Å². The largest absolute Gasteiger partial charge is 0.497 e. The van der Waals surface area contributed by atoms with Crippen LogP contribution in [0.5, 0.6) is 11.5 Å². The van der Waals surface area contributed by atoms with Gasteiger partial charge in [-0.2, -0.15) is 0 Å². The maximum Gasteiger partial charge on any atom is 0.261 e. The van der Waals surface area contributed by atoms with Crippen LogP contribution in [0.3, 0.4) is 0 Å². The quantitative estimate of drug-likeness (QED) is 0.784. The lowest BCUT2D eigenvalue weighted by molar-refractivity contribution is -0.134. The van der Waals surface area contributed by atoms with Gasteiger partial charge in [-0.3, -0.25) is 4.79 Å². The van der Waals surface area contributed by atoms with Crippen molar-refractivity contribution in [2.24, 2.45) is 0 Å². The molecular weight excluding hydrogens is 348 g/mol. The highest BCUT2D eigenvalue weighted by Gasteiger charge is 2.26. The molecule has 0 radical (unpaired) electrons. The summed E-state index contributed by atoms with van der Waals surface area (Å²) in [5, 5.41) is 0. The summed E-state index contributed by atoms with van der Waals surface area (Å²) in [5.74, 6) is 2.02. The van der Waals surface area contributed by atoms with Crippen LogP contribution in [0.15, 0.2) is 30.5 Å². The Hall–Kier alpha value is -2.87. The highest BCUT2D eigenvalue weighted by Crippen LogP contribution is 2.23. The van der Waals surface area contributed by atoms with Gasteiger partial charge >= 0.3 is 0 Å². The predicted molar refractivity (Wildman–Crippen MR) is 97.8 cm³/mol. The Morgan fingerprint density at radius 1 is 1.15 bits per heavy atom. The summed E-state index contributed by atoms with van der Waals surface area (Å²) in [7, 11) is 1.61. The Morgan fingerprint density at radius 2 is 1.89 bits per heavy atom. The van der Waals surface area contributed by atoms with Crippen molar-refractivity contribution < 1.29 is 19.0 Å². The fourth-order valence-corrected chi connectivity index (χ4v) is 3.14. The zero-order chi connectivity index (χ0) is 18.6. The number of carbonyl (C=O) groups is 1. The molecule has 8 heteroatoms. The number of morpholine rings is 1. The average molecular weight is 370 g/mol. The molecule has 3 heterocycles. The second kappa shape index (κ2) is 7.79. The van der Waals surface area contributed by atoms with E-state index >= 15 is 0 Å². The number of nitrogens with zero attached hydrogens (tertiary/aromatic N) is 4. The van der Waals surface area contributed by atoms with E-state index in [1.807, 2.05) is 6.20 Å². The topological polar surface area (TPSA) is 77.0 Å². The van der Waals surface area contributed by atoms with E-state index in [0.29, 0.717) is 38.0 Å². The van der Waals surface area contributed by atoms with E-state index in [1.165, 1.54) is 0 Å². The normalized spacial score (nSPS) is 16.2. The molecule has 0 aliphatic carbocycles. The van der Waals surface area contributed by atoms with Crippen LogP contribution in [0, 0.1) is 0 Å². The third-order valence-corrected chi connectivity index (χ3v) is 4.71. The maximum absolute atomic E-state index is 12.5. The SMILES string of the molecule is COc1ccc(OCC(=O)N2Cc3cnc(N4CCOCC4)nc3C2)cc1. The van der Waals surface area contributed by atoms with Gasteiger partial charge in [-0.1, -0.05) is 0 Å². The molecule has 27 heavy (non-hydrogen) atoms. The summed E-state index contributed by atoms with van der Waals surface area (Å²) < 4.78 is 16.1. The summed E-state index contributed by atoms with van der Waals surface area (Å²) >= 11 is 0. The van der Waals surface area contributed by atoms with Crippen LogP contribution < -0.4 is 14.4 Å². The Bertz CT molecular complexity index is 806. The van der Waals surface area contributed by atoms with Crippen LogP contribution >= 0.6 is 0 Å². The molecule has 142 valence electrons. The van der Waals surface area contributed by atoms with Crippen LogP contribution in [0.2, 0.25) is 0 Å². The van der Waals surface area contributed by atoms with Gasteiger partial charge in [-0.05, 0) is 24.3 Å². The Kier molecular flexibility index (Phi) is 5.06. The van der Waals surface area contributed by atoms with Gasteiger partial charge in [0, 0.05) is 31.4 Å². The molecule has 0 N–H and O–H groups in total. The summed E-state index contributed by atoms with van der Waals surface area (Å²) in [4.78, 5) is 25.5. The standard InChI is InChI=1S/C19H22N4O4/c1-25-15-2-4-16(5-3-15)27-13-18(24)23-11-14-10-20-19(21-17(14)12-23)22-6-8-26-9-7-22/h2-5,10H,6-9,11-13H2,1H3. The lowest BCUT2D eigenvalue weighted by atomic mass is 10.3. The lowest BCUT2D eigenvalue weighted by Crippen LogP contribution is -2.37. The number of fused-ring (bicyclic) bond motifs is 1. The monoisotopic (exact) mass is 370 g/mol. The van der Waals surface area contributed by atoms with Crippen LogP contribution in [-0.4, -0.2) is 60.8 Å². The first kappa shape index (κ1) is 17.5. The molecular formula is C19H22N4O4. The maximum atomic E-state index is 12.5. The lowest BCUT2D eigenvalue weighted by Gasteiger charge is -2.26. The molecule has 1 fully saturated rings. The number of carbonyl (C=O) groups excluding carboxylic acids is 1. The number of methoxy groups -OCH3 is 1. The molecule has 0 bridgehead atoms. The first-order chi connectivity index (χ1) is 13.2. The zero-order valence-electron chi connectivity index (χ0n) is 15.3. The van der Waals surface area contributed by atoms with Crippen molar-refractivity contribution in [3.63, 3.8) is 0 Å². The number of amides is 1. The molecule has 0 saturated carbocycles. The first-order valence-corrected chi connectivity index (χ1v) is 8.95. The summed E-state index contributed by atoms with van der Waals surface area (Å²) in [5.41, 5.74) is 1.90. The van der Waals surface area contributed by atoms with Gasteiger partial charge in [-0.15, -0.1) is 0 Å². The van der Waals surface area contributed by atoms with E-state index in [0.717, 1.165) is 30.1 Å². The molecule has 0 spiro atoms. The number of aromatic nitrogens is 2. The van der Waals surface area contributed by atoms with E-state index in [4.69, 9.17) is 14.2 Å². The molecule has 4 rings (SSSR count). The molecule has 2 aliphatic rings. The Morgan fingerprint density at radius 3 is 2.63 bits per heavy atom. The van der Waals surface area contributed by atoms with E-state index in [1.54, 1.807) is 36.3 Å². The van der Waals surface area contributed by atoms with Crippen molar-refractivity contribution in [1.82, 2.24) is 14.9 Å². The van der Waals surface area contributed by atoms with Gasteiger partial charge in [0.05, 0.1) is 32.6 Å². The molecule has 2 aromatic rings. The van der Waals surface area contributed by atoms with Gasteiger partial charge in [0.25, 0.3) is 5.91 Å². The minimum Gasteiger partial charge on any atom is -0.497 e. The number of hydrogen-bond donors (Lipinski definition) is 0. The van der Waals surface area contributed by atoms with Crippen molar-refractivity contribution in [3.05, 3.63) is 41.7 Å². The van der Waals surface area contributed by atoms with Gasteiger partial charge in [-0.25, -0.2) is 9.97 Å². The molecule has 1 aromatic carbocycles. The van der Waals surface area contributed by atoms with E-state index < -0.39 is 0 Å². The van der Waals surface area contributed by atoms with Gasteiger partial charge < -0.3 is 24.0 Å². The van der Waals surface area contributed by atoms with Gasteiger partial charge in [0.2, 0.25) is 5.95 Å². The van der Waals surface area contributed by atoms with Gasteiger partial charge in [0.15, 0.2) is 6.61 Å². The number of rotatable bonds is 5. The highest BCUT2D eigenvalue weighted by atomic mass is 16.5. The minimum absolute atomic E-state index is 0.00985. The molecule has 8 nitrogen and oxygen atoms in total. The van der Waals surface area contributed by atoms with Crippen molar-refractivity contribution in [2.45, 2.75) is 13.1 Å². The van der Waals surface area contributed by atoms with Crippen molar-refractivity contribution in [1.29, 1.82) is 0 Å². The molecule has 0 atom stereocenters. The van der Waals surface area contributed by atoms with E-state index in [9.17, 15) is 4.79 Å². The minimum atomic E-state index is -0.0725. The van der Waals surface area contributed by atoms with Crippen LogP contribution in [-0.2, 0) is 22.6 Å². The summed E-state index contributed by atoms with van der Waals surface area (Å²) in [6.07, 6.45) is 1.82. The highest BCUT2D eigenvalue weighted by molar-refractivity contribution is 5.78. The van der Waals surface area contributed by atoms with Crippen LogP contribution in [0.25, 0.3) is 0 Å². The average Bonchev–Trinajstić information content (AvgIpc) is 3.16. The van der Waals surface area contributed by atoms with Crippen molar-refractivity contribution >= 4 is 11.9 Å². The second-order valence-electron chi connectivity index (χ2n) is 6.46. The van der Waals surface area contributed by atoms with E-state index in [2.05, 4.69) is 14.9 Å². The zero-order valence-corrected chi connectivity index (χ0v) is 15.3. The third-order valence-electron chi connectivity index (χ3n) is 4.71. The number of ether oxygens (including phenoxy) is 3. The second-order valence-corrected chi connectivity index (χ2v) is 6.46. The Labute approximate surface area is 157 Å². The van der Waals surface area contributed by atoms with Crippen LogP contribution in [0.4, 0.5) is 5.95 Å². The molecule has 1 aromatic heterocycles. The Balaban J connectivity index is 1.34. The molecule has 1 saturated heterocycles.